The molecule has 1 fully saturated rings. The third-order valence-electron chi connectivity index (χ3n) is 3.89. The maximum atomic E-state index is 12.3. The normalized spacial score (nSPS) is 20.4. The summed E-state index contributed by atoms with van der Waals surface area (Å²) in [5, 5.41) is 0. The molecule has 0 aromatic carbocycles. The van der Waals surface area contributed by atoms with Crippen molar-refractivity contribution in [1.29, 1.82) is 0 Å². The molecule has 1 unspecified atom stereocenters. The SMILES string of the molecule is CC(C)C1CCCN(C(=O)c2cnc(N)cn2)CC1. The molecular formula is C14H22N4O. The van der Waals surface area contributed by atoms with Crippen LogP contribution >= 0.6 is 0 Å². The summed E-state index contributed by atoms with van der Waals surface area (Å²) >= 11 is 0. The minimum absolute atomic E-state index is 0.0306. The fourth-order valence-corrected chi connectivity index (χ4v) is 2.60. The summed E-state index contributed by atoms with van der Waals surface area (Å²) in [7, 11) is 0. The molecular weight excluding hydrogens is 240 g/mol. The van der Waals surface area contributed by atoms with Crippen LogP contribution in [0.2, 0.25) is 0 Å². The smallest absolute Gasteiger partial charge is 0.274 e. The lowest BCUT2D eigenvalue weighted by Crippen LogP contribution is -2.32. The number of carbonyl (C=O) groups excluding carboxylic acids is 1. The van der Waals surface area contributed by atoms with Gasteiger partial charge in [0.2, 0.25) is 0 Å². The highest BCUT2D eigenvalue weighted by Crippen LogP contribution is 2.25. The van der Waals surface area contributed by atoms with Gasteiger partial charge in [-0.25, -0.2) is 9.97 Å². The molecule has 1 aliphatic rings. The third-order valence-corrected chi connectivity index (χ3v) is 3.89. The molecule has 0 radical (unpaired) electrons. The molecule has 0 spiro atoms. The van der Waals surface area contributed by atoms with Crippen LogP contribution in [0, 0.1) is 11.8 Å². The van der Waals surface area contributed by atoms with Crippen LogP contribution in [0.4, 0.5) is 5.82 Å². The van der Waals surface area contributed by atoms with E-state index in [1.54, 1.807) is 0 Å². The largest absolute Gasteiger partial charge is 0.382 e. The predicted molar refractivity (Wildman–Crippen MR) is 74.5 cm³/mol. The van der Waals surface area contributed by atoms with Gasteiger partial charge in [-0.05, 0) is 31.1 Å². The molecule has 19 heavy (non-hydrogen) atoms. The average molecular weight is 262 g/mol. The number of amides is 1. The lowest BCUT2D eigenvalue weighted by atomic mass is 9.89. The fraction of sp³-hybridized carbons (Fsp3) is 0.643. The molecule has 0 saturated carbocycles. The minimum Gasteiger partial charge on any atom is -0.382 e. The number of nitrogen functional groups attached to an aromatic ring is 1. The lowest BCUT2D eigenvalue weighted by molar-refractivity contribution is 0.0752. The van der Waals surface area contributed by atoms with Gasteiger partial charge in [-0.3, -0.25) is 4.79 Å². The third kappa shape index (κ3) is 3.43. The molecule has 1 aromatic rings. The Labute approximate surface area is 114 Å². The maximum absolute atomic E-state index is 12.3. The summed E-state index contributed by atoms with van der Waals surface area (Å²) in [4.78, 5) is 22.2. The van der Waals surface area contributed by atoms with Crippen LogP contribution < -0.4 is 5.73 Å². The van der Waals surface area contributed by atoms with E-state index in [2.05, 4.69) is 23.8 Å². The summed E-state index contributed by atoms with van der Waals surface area (Å²) in [6.45, 7) is 6.14. The molecule has 1 saturated heterocycles. The fourth-order valence-electron chi connectivity index (χ4n) is 2.60. The van der Waals surface area contributed by atoms with E-state index in [9.17, 15) is 4.79 Å². The Morgan fingerprint density at radius 3 is 2.74 bits per heavy atom. The molecule has 104 valence electrons. The predicted octanol–water partition coefficient (Wildman–Crippen LogP) is 1.96. The summed E-state index contributed by atoms with van der Waals surface area (Å²) in [5.41, 5.74) is 5.87. The van der Waals surface area contributed by atoms with Crippen molar-refractivity contribution in [2.75, 3.05) is 18.8 Å². The molecule has 1 amide bonds. The molecule has 1 aromatic heterocycles. The summed E-state index contributed by atoms with van der Waals surface area (Å²) in [6.07, 6.45) is 6.24. The number of hydrogen-bond donors (Lipinski definition) is 1. The van der Waals surface area contributed by atoms with Gasteiger partial charge in [0.25, 0.3) is 5.91 Å². The Morgan fingerprint density at radius 1 is 1.32 bits per heavy atom. The number of aromatic nitrogens is 2. The van der Waals surface area contributed by atoms with Gasteiger partial charge in [-0.1, -0.05) is 13.8 Å². The second-order valence-electron chi connectivity index (χ2n) is 5.55. The van der Waals surface area contributed by atoms with Crippen LogP contribution in [-0.2, 0) is 0 Å². The number of nitrogens with two attached hydrogens (primary N) is 1. The Kier molecular flexibility index (Phi) is 4.35. The molecule has 1 atom stereocenters. The van der Waals surface area contributed by atoms with E-state index in [-0.39, 0.29) is 5.91 Å². The average Bonchev–Trinajstić information content (AvgIpc) is 2.64. The van der Waals surface area contributed by atoms with Gasteiger partial charge >= 0.3 is 0 Å². The van der Waals surface area contributed by atoms with E-state index >= 15 is 0 Å². The molecule has 2 N–H and O–H groups in total. The number of hydrogen-bond acceptors (Lipinski definition) is 4. The van der Waals surface area contributed by atoms with Crippen molar-refractivity contribution in [2.45, 2.75) is 33.1 Å². The molecule has 5 heteroatoms. The first-order valence-corrected chi connectivity index (χ1v) is 6.94. The van der Waals surface area contributed by atoms with Crippen LogP contribution in [-0.4, -0.2) is 33.9 Å². The second-order valence-corrected chi connectivity index (χ2v) is 5.55. The van der Waals surface area contributed by atoms with Gasteiger partial charge in [-0.2, -0.15) is 0 Å². The first-order chi connectivity index (χ1) is 9.08. The van der Waals surface area contributed by atoms with E-state index in [0.717, 1.165) is 31.8 Å². The van der Waals surface area contributed by atoms with Crippen LogP contribution in [0.1, 0.15) is 43.6 Å². The van der Waals surface area contributed by atoms with Crippen molar-refractivity contribution in [3.63, 3.8) is 0 Å². The van der Waals surface area contributed by atoms with E-state index in [1.807, 2.05) is 4.90 Å². The van der Waals surface area contributed by atoms with Crippen molar-refractivity contribution >= 4 is 11.7 Å². The molecule has 0 aliphatic carbocycles. The Hall–Kier alpha value is -1.65. The highest BCUT2D eigenvalue weighted by molar-refractivity contribution is 5.92. The number of rotatable bonds is 2. The van der Waals surface area contributed by atoms with Gasteiger partial charge in [0.1, 0.15) is 11.5 Å². The van der Waals surface area contributed by atoms with Crippen molar-refractivity contribution in [3.8, 4) is 0 Å². The van der Waals surface area contributed by atoms with E-state index < -0.39 is 0 Å². The topological polar surface area (TPSA) is 72.1 Å². The van der Waals surface area contributed by atoms with E-state index in [4.69, 9.17) is 5.73 Å². The van der Waals surface area contributed by atoms with Gasteiger partial charge in [0.05, 0.1) is 12.4 Å². The zero-order valence-corrected chi connectivity index (χ0v) is 11.7. The molecule has 2 rings (SSSR count). The van der Waals surface area contributed by atoms with E-state index in [0.29, 0.717) is 17.4 Å². The van der Waals surface area contributed by atoms with Crippen molar-refractivity contribution in [2.24, 2.45) is 11.8 Å². The second kappa shape index (κ2) is 5.99. The number of likely N-dealkylation sites (tertiary alicyclic amines) is 1. The van der Waals surface area contributed by atoms with Gasteiger partial charge in [0, 0.05) is 13.1 Å². The quantitative estimate of drug-likeness (QED) is 0.884. The standard InChI is InChI=1S/C14H22N4O/c1-10(2)11-4-3-6-18(7-5-11)14(19)12-8-17-13(15)9-16-12/h8-11H,3-7H2,1-2H3,(H2,15,17). The summed E-state index contributed by atoms with van der Waals surface area (Å²) in [6, 6.07) is 0. The van der Waals surface area contributed by atoms with Gasteiger partial charge in [0.15, 0.2) is 0 Å². The highest BCUT2D eigenvalue weighted by Gasteiger charge is 2.23. The molecule has 5 nitrogen and oxygen atoms in total. The monoisotopic (exact) mass is 262 g/mol. The molecule has 0 bridgehead atoms. The zero-order chi connectivity index (χ0) is 13.8. The van der Waals surface area contributed by atoms with E-state index in [1.165, 1.54) is 18.8 Å². The first kappa shape index (κ1) is 13.8. The highest BCUT2D eigenvalue weighted by atomic mass is 16.2. The van der Waals surface area contributed by atoms with Crippen LogP contribution in [0.15, 0.2) is 12.4 Å². The van der Waals surface area contributed by atoms with Crippen molar-refractivity contribution in [3.05, 3.63) is 18.1 Å². The Balaban J connectivity index is 2.02. The van der Waals surface area contributed by atoms with Crippen molar-refractivity contribution in [1.82, 2.24) is 14.9 Å². The van der Waals surface area contributed by atoms with Crippen molar-refractivity contribution < 1.29 is 4.79 Å². The molecule has 2 heterocycles. The maximum Gasteiger partial charge on any atom is 0.274 e. The number of nitrogens with zero attached hydrogens (tertiary/aromatic N) is 3. The first-order valence-electron chi connectivity index (χ1n) is 6.94. The van der Waals surface area contributed by atoms with Gasteiger partial charge in [-0.15, -0.1) is 0 Å². The Morgan fingerprint density at radius 2 is 2.11 bits per heavy atom. The number of carbonyl (C=O) groups is 1. The zero-order valence-electron chi connectivity index (χ0n) is 11.7. The van der Waals surface area contributed by atoms with Crippen LogP contribution in [0.3, 0.4) is 0 Å². The van der Waals surface area contributed by atoms with Crippen LogP contribution in [0.25, 0.3) is 0 Å². The Bertz CT molecular complexity index is 430. The van der Waals surface area contributed by atoms with Gasteiger partial charge < -0.3 is 10.6 Å². The number of anilines is 1. The van der Waals surface area contributed by atoms with Crippen LogP contribution in [0.5, 0.6) is 0 Å². The minimum atomic E-state index is -0.0306. The lowest BCUT2D eigenvalue weighted by Gasteiger charge is -2.21. The summed E-state index contributed by atoms with van der Waals surface area (Å²) < 4.78 is 0. The summed E-state index contributed by atoms with van der Waals surface area (Å²) in [5.74, 6) is 1.71. The molecule has 1 aliphatic heterocycles.